The fourth-order valence-electron chi connectivity index (χ4n) is 0.967. The van der Waals surface area contributed by atoms with Gasteiger partial charge in [0.2, 0.25) is 0 Å². The third-order valence-corrected chi connectivity index (χ3v) is 1.82. The predicted octanol–water partition coefficient (Wildman–Crippen LogP) is 2.24. The zero-order valence-electron chi connectivity index (χ0n) is 8.79. The Balaban J connectivity index is 4.28. The number of alkyl halides is 3. The van der Waals surface area contributed by atoms with Gasteiger partial charge in [0.1, 0.15) is 6.04 Å². The van der Waals surface area contributed by atoms with E-state index in [-0.39, 0.29) is 6.42 Å². The van der Waals surface area contributed by atoms with Crippen molar-refractivity contribution in [1.82, 2.24) is 0 Å². The predicted molar refractivity (Wildman–Crippen MR) is 53.8 cm³/mol. The topological polar surface area (TPSA) is 63.3 Å². The number of allylic oxidation sites excluding steroid dienone is 3. The molecule has 0 rings (SSSR count). The number of carboxylic acid groups (broad SMARTS) is 1. The molecule has 0 aliphatic heterocycles. The molecular weight excluding hydrogens is 223 g/mol. The quantitative estimate of drug-likeness (QED) is 0.721. The summed E-state index contributed by atoms with van der Waals surface area (Å²) in [6.45, 7) is 1.61. The van der Waals surface area contributed by atoms with Gasteiger partial charge in [0.25, 0.3) is 0 Å². The van der Waals surface area contributed by atoms with Gasteiger partial charge in [0.15, 0.2) is 0 Å². The number of halogens is 3. The summed E-state index contributed by atoms with van der Waals surface area (Å²) in [5, 5.41) is 8.52. The first-order chi connectivity index (χ1) is 7.26. The molecule has 3 N–H and O–H groups in total. The van der Waals surface area contributed by atoms with Crippen molar-refractivity contribution in [2.24, 2.45) is 5.73 Å². The first-order valence-corrected chi connectivity index (χ1v) is 4.63. The Kier molecular flexibility index (Phi) is 5.81. The standard InChI is InChI=1S/C10H14F3NO2/c1-2-7(6-8(14)9(15)16)4-3-5-10(11,12)13/h2-4,8H,5-6,14H2,1H3,(H,15,16)/b4-3-,7-2+. The van der Waals surface area contributed by atoms with Gasteiger partial charge >= 0.3 is 12.1 Å². The molecule has 0 heterocycles. The number of carbonyl (C=O) groups is 1. The van der Waals surface area contributed by atoms with Gasteiger partial charge in [-0.05, 0) is 13.3 Å². The maximum atomic E-state index is 11.8. The lowest BCUT2D eigenvalue weighted by Crippen LogP contribution is -2.30. The molecular formula is C10H14F3NO2. The van der Waals surface area contributed by atoms with E-state index in [0.29, 0.717) is 5.57 Å². The minimum atomic E-state index is -4.25. The van der Waals surface area contributed by atoms with Crippen LogP contribution in [0.25, 0.3) is 0 Å². The highest BCUT2D eigenvalue weighted by atomic mass is 19.4. The van der Waals surface area contributed by atoms with Gasteiger partial charge in [-0.3, -0.25) is 4.79 Å². The maximum absolute atomic E-state index is 11.8. The SMILES string of the molecule is C/C=C(\C=C/CC(F)(F)F)CC(N)C(=O)O. The molecule has 1 atom stereocenters. The fourth-order valence-corrected chi connectivity index (χ4v) is 0.967. The molecule has 0 radical (unpaired) electrons. The van der Waals surface area contributed by atoms with E-state index in [2.05, 4.69) is 0 Å². The normalized spacial score (nSPS) is 15.4. The number of hydrogen-bond donors (Lipinski definition) is 2. The molecule has 0 aliphatic rings. The van der Waals surface area contributed by atoms with Crippen LogP contribution in [0.2, 0.25) is 0 Å². The lowest BCUT2D eigenvalue weighted by molar-refractivity contribution is -0.138. The maximum Gasteiger partial charge on any atom is 0.392 e. The van der Waals surface area contributed by atoms with Crippen LogP contribution in [-0.2, 0) is 4.79 Å². The minimum absolute atomic E-state index is 0.0141. The Morgan fingerprint density at radius 3 is 2.44 bits per heavy atom. The van der Waals surface area contributed by atoms with Gasteiger partial charge in [0, 0.05) is 0 Å². The van der Waals surface area contributed by atoms with Crippen LogP contribution in [0.15, 0.2) is 23.8 Å². The molecule has 0 amide bonds. The van der Waals surface area contributed by atoms with Crippen molar-refractivity contribution in [2.75, 3.05) is 0 Å². The summed E-state index contributed by atoms with van der Waals surface area (Å²) in [7, 11) is 0. The molecule has 0 aliphatic carbocycles. The summed E-state index contributed by atoms with van der Waals surface area (Å²) in [5.74, 6) is -1.18. The molecule has 0 spiro atoms. The summed E-state index contributed by atoms with van der Waals surface area (Å²) in [5.41, 5.74) is 5.73. The summed E-state index contributed by atoms with van der Waals surface area (Å²) in [6, 6.07) is -1.10. The first kappa shape index (κ1) is 14.7. The van der Waals surface area contributed by atoms with E-state index in [1.807, 2.05) is 0 Å². The average molecular weight is 237 g/mol. The second-order valence-corrected chi connectivity index (χ2v) is 3.23. The van der Waals surface area contributed by atoms with Gasteiger partial charge in [0.05, 0.1) is 6.42 Å². The van der Waals surface area contributed by atoms with E-state index in [1.165, 1.54) is 12.2 Å². The highest BCUT2D eigenvalue weighted by Crippen LogP contribution is 2.20. The molecule has 92 valence electrons. The van der Waals surface area contributed by atoms with Crippen molar-refractivity contribution in [3.05, 3.63) is 23.8 Å². The molecule has 0 fully saturated rings. The van der Waals surface area contributed by atoms with E-state index in [1.54, 1.807) is 6.92 Å². The van der Waals surface area contributed by atoms with E-state index in [9.17, 15) is 18.0 Å². The van der Waals surface area contributed by atoms with Crippen LogP contribution < -0.4 is 5.73 Å². The van der Waals surface area contributed by atoms with Crippen LogP contribution in [0.1, 0.15) is 19.8 Å². The molecule has 3 nitrogen and oxygen atoms in total. The van der Waals surface area contributed by atoms with Crippen LogP contribution in [0, 0.1) is 0 Å². The largest absolute Gasteiger partial charge is 0.480 e. The third kappa shape index (κ3) is 7.05. The Labute approximate surface area is 91.4 Å². The molecule has 0 saturated heterocycles. The number of hydrogen-bond acceptors (Lipinski definition) is 2. The van der Waals surface area contributed by atoms with Crippen LogP contribution in [0.5, 0.6) is 0 Å². The first-order valence-electron chi connectivity index (χ1n) is 4.63. The zero-order valence-corrected chi connectivity index (χ0v) is 8.79. The van der Waals surface area contributed by atoms with E-state index < -0.39 is 24.6 Å². The number of nitrogens with two attached hydrogens (primary N) is 1. The Bertz CT molecular complexity index is 295. The molecule has 0 aromatic rings. The summed E-state index contributed by atoms with van der Waals surface area (Å²) in [6.07, 6.45) is -1.53. The summed E-state index contributed by atoms with van der Waals surface area (Å²) < 4.78 is 35.4. The van der Waals surface area contributed by atoms with E-state index in [4.69, 9.17) is 10.8 Å². The van der Waals surface area contributed by atoms with Crippen molar-refractivity contribution >= 4 is 5.97 Å². The van der Waals surface area contributed by atoms with Crippen LogP contribution in [0.3, 0.4) is 0 Å². The van der Waals surface area contributed by atoms with Gasteiger partial charge < -0.3 is 10.8 Å². The second kappa shape index (κ2) is 6.32. The van der Waals surface area contributed by atoms with Crippen molar-refractivity contribution in [2.45, 2.75) is 32.0 Å². The van der Waals surface area contributed by atoms with Crippen LogP contribution in [-0.4, -0.2) is 23.3 Å². The molecule has 0 saturated carbocycles. The van der Waals surface area contributed by atoms with E-state index >= 15 is 0 Å². The smallest absolute Gasteiger partial charge is 0.392 e. The monoisotopic (exact) mass is 237 g/mol. The fraction of sp³-hybridized carbons (Fsp3) is 0.500. The van der Waals surface area contributed by atoms with E-state index in [0.717, 1.165) is 6.08 Å². The number of rotatable bonds is 5. The Morgan fingerprint density at radius 1 is 1.50 bits per heavy atom. The van der Waals surface area contributed by atoms with Crippen molar-refractivity contribution in [3.63, 3.8) is 0 Å². The molecule has 6 heteroatoms. The van der Waals surface area contributed by atoms with Crippen LogP contribution in [0.4, 0.5) is 13.2 Å². The Morgan fingerprint density at radius 2 is 2.06 bits per heavy atom. The van der Waals surface area contributed by atoms with Crippen molar-refractivity contribution in [1.29, 1.82) is 0 Å². The molecule has 0 aromatic carbocycles. The molecule has 0 aromatic heterocycles. The van der Waals surface area contributed by atoms with Crippen molar-refractivity contribution < 1.29 is 23.1 Å². The Hall–Kier alpha value is -1.30. The second-order valence-electron chi connectivity index (χ2n) is 3.23. The molecule has 0 bridgehead atoms. The summed E-state index contributed by atoms with van der Waals surface area (Å²) in [4.78, 5) is 10.4. The average Bonchev–Trinajstić information content (AvgIpc) is 2.13. The highest BCUT2D eigenvalue weighted by Gasteiger charge is 2.24. The van der Waals surface area contributed by atoms with Crippen LogP contribution >= 0.6 is 0 Å². The minimum Gasteiger partial charge on any atom is -0.480 e. The van der Waals surface area contributed by atoms with Gasteiger partial charge in [-0.2, -0.15) is 13.2 Å². The third-order valence-electron chi connectivity index (χ3n) is 1.82. The highest BCUT2D eigenvalue weighted by molar-refractivity contribution is 5.73. The lowest BCUT2D eigenvalue weighted by Gasteiger charge is -2.07. The van der Waals surface area contributed by atoms with Gasteiger partial charge in [-0.15, -0.1) is 0 Å². The summed E-state index contributed by atoms with van der Waals surface area (Å²) >= 11 is 0. The van der Waals surface area contributed by atoms with Crippen molar-refractivity contribution in [3.8, 4) is 0 Å². The lowest BCUT2D eigenvalue weighted by atomic mass is 10.1. The molecule has 1 unspecified atom stereocenters. The number of aliphatic carboxylic acids is 1. The van der Waals surface area contributed by atoms with Gasteiger partial charge in [-0.1, -0.05) is 23.8 Å². The zero-order chi connectivity index (χ0) is 12.8. The molecule has 16 heavy (non-hydrogen) atoms. The van der Waals surface area contributed by atoms with Gasteiger partial charge in [-0.25, -0.2) is 0 Å². The number of carboxylic acids is 1.